The van der Waals surface area contributed by atoms with Crippen LogP contribution >= 0.6 is 11.8 Å². The van der Waals surface area contributed by atoms with Crippen molar-refractivity contribution in [3.63, 3.8) is 0 Å². The topological polar surface area (TPSA) is 102 Å². The van der Waals surface area contributed by atoms with Crippen LogP contribution in [-0.4, -0.2) is 24.7 Å². The lowest BCUT2D eigenvalue weighted by Gasteiger charge is -2.05. The highest BCUT2D eigenvalue weighted by Gasteiger charge is 2.12. The quantitative estimate of drug-likeness (QED) is 0.555. The monoisotopic (exact) mass is 288 g/mol. The minimum Gasteiger partial charge on any atom is -0.399 e. The number of nitrogens with two attached hydrogens (primary N) is 1. The first-order chi connectivity index (χ1) is 9.69. The maximum absolute atomic E-state index is 11.6. The zero-order chi connectivity index (χ0) is 14.1. The molecule has 0 aliphatic heterocycles. The van der Waals surface area contributed by atoms with E-state index in [1.807, 2.05) is 13.0 Å². The van der Waals surface area contributed by atoms with Gasteiger partial charge in [0.1, 0.15) is 11.4 Å². The molecule has 0 radical (unpaired) electrons. The van der Waals surface area contributed by atoms with Gasteiger partial charge in [-0.1, -0.05) is 0 Å². The number of anilines is 1. The van der Waals surface area contributed by atoms with Gasteiger partial charge in [0.15, 0.2) is 5.16 Å². The van der Waals surface area contributed by atoms with Crippen LogP contribution in [-0.2, 0) is 6.54 Å². The molecule has 0 amide bonds. The van der Waals surface area contributed by atoms with Gasteiger partial charge in [-0.2, -0.15) is 0 Å². The average Bonchev–Trinajstić information content (AvgIpc) is 2.79. The number of aromatic amines is 1. The van der Waals surface area contributed by atoms with Crippen LogP contribution in [0.1, 0.15) is 6.92 Å². The van der Waals surface area contributed by atoms with Gasteiger partial charge in [-0.05, 0) is 36.9 Å². The summed E-state index contributed by atoms with van der Waals surface area (Å²) in [6.45, 7) is 2.44. The first-order valence-corrected chi connectivity index (χ1v) is 6.84. The third-order valence-corrected chi connectivity index (χ3v) is 3.86. The van der Waals surface area contributed by atoms with E-state index in [9.17, 15) is 4.79 Å². The van der Waals surface area contributed by atoms with E-state index < -0.39 is 0 Å². The summed E-state index contributed by atoms with van der Waals surface area (Å²) in [5, 5.41) is 8.65. The minimum absolute atomic E-state index is 0.224. The Morgan fingerprint density at radius 1 is 1.40 bits per heavy atom. The number of nitrogen functional groups attached to an aromatic ring is 1. The Balaban J connectivity index is 2.09. The van der Waals surface area contributed by atoms with Gasteiger partial charge in [-0.15, -0.1) is 5.10 Å². The van der Waals surface area contributed by atoms with E-state index in [0.717, 1.165) is 15.9 Å². The van der Waals surface area contributed by atoms with Gasteiger partial charge < -0.3 is 5.73 Å². The van der Waals surface area contributed by atoms with E-state index in [0.29, 0.717) is 17.4 Å². The Labute approximate surface area is 118 Å². The van der Waals surface area contributed by atoms with Crippen molar-refractivity contribution in [1.29, 1.82) is 0 Å². The van der Waals surface area contributed by atoms with E-state index in [1.165, 1.54) is 18.1 Å². The number of hydrogen-bond acceptors (Lipinski definition) is 6. The van der Waals surface area contributed by atoms with Crippen molar-refractivity contribution in [2.45, 2.75) is 23.7 Å². The molecule has 3 rings (SSSR count). The van der Waals surface area contributed by atoms with Crippen LogP contribution in [0.15, 0.2) is 39.5 Å². The van der Waals surface area contributed by atoms with Crippen molar-refractivity contribution in [2.24, 2.45) is 0 Å². The fraction of sp³-hybridized carbons (Fsp3) is 0.167. The number of rotatable bonds is 3. The molecular formula is C12H12N6OS. The minimum atomic E-state index is -0.224. The van der Waals surface area contributed by atoms with E-state index in [-0.39, 0.29) is 5.69 Å². The van der Waals surface area contributed by atoms with Crippen LogP contribution in [0.25, 0.3) is 10.9 Å². The third kappa shape index (κ3) is 2.14. The highest BCUT2D eigenvalue weighted by Crippen LogP contribution is 2.29. The zero-order valence-electron chi connectivity index (χ0n) is 10.7. The van der Waals surface area contributed by atoms with Gasteiger partial charge in [-0.3, -0.25) is 4.57 Å². The lowest BCUT2D eigenvalue weighted by atomic mass is 10.2. The number of fused-ring (bicyclic) bond motifs is 1. The summed E-state index contributed by atoms with van der Waals surface area (Å²) in [6, 6.07) is 5.46. The molecule has 0 saturated carbocycles. The van der Waals surface area contributed by atoms with Gasteiger partial charge in [-0.25, -0.2) is 19.9 Å². The van der Waals surface area contributed by atoms with Crippen LogP contribution in [0.3, 0.4) is 0 Å². The van der Waals surface area contributed by atoms with Crippen molar-refractivity contribution in [1.82, 2.24) is 24.7 Å². The Morgan fingerprint density at radius 2 is 2.25 bits per heavy atom. The van der Waals surface area contributed by atoms with E-state index in [1.54, 1.807) is 16.7 Å². The fourth-order valence-corrected chi connectivity index (χ4v) is 2.85. The molecule has 3 N–H and O–H groups in total. The van der Waals surface area contributed by atoms with Crippen LogP contribution in [0.2, 0.25) is 0 Å². The summed E-state index contributed by atoms with van der Waals surface area (Å²) in [7, 11) is 0. The third-order valence-electron chi connectivity index (χ3n) is 2.85. The van der Waals surface area contributed by atoms with Crippen LogP contribution in [0, 0.1) is 0 Å². The predicted octanol–water partition coefficient (Wildman–Crippen LogP) is 1.27. The van der Waals surface area contributed by atoms with Gasteiger partial charge >= 0.3 is 5.69 Å². The number of hydrogen-bond donors (Lipinski definition) is 2. The molecule has 102 valence electrons. The molecule has 3 aromatic rings. The van der Waals surface area contributed by atoms with E-state index in [4.69, 9.17) is 5.73 Å². The van der Waals surface area contributed by atoms with Crippen molar-refractivity contribution in [2.75, 3.05) is 5.73 Å². The molecule has 1 aromatic carbocycles. The Kier molecular flexibility index (Phi) is 3.15. The molecule has 0 atom stereocenters. The molecule has 2 aromatic heterocycles. The molecule has 0 bridgehead atoms. The molecule has 0 aliphatic rings. The smallest absolute Gasteiger partial charge is 0.343 e. The summed E-state index contributed by atoms with van der Waals surface area (Å²) in [4.78, 5) is 20.0. The lowest BCUT2D eigenvalue weighted by molar-refractivity contribution is 0.660. The highest BCUT2D eigenvalue weighted by atomic mass is 32.2. The SMILES string of the molecule is CCn1c(Sc2ncnc3cc(N)ccc23)n[nH]c1=O. The maximum Gasteiger partial charge on any atom is 0.343 e. The second kappa shape index (κ2) is 4.97. The van der Waals surface area contributed by atoms with Gasteiger partial charge in [0.2, 0.25) is 0 Å². The molecule has 0 spiro atoms. The van der Waals surface area contributed by atoms with Crippen molar-refractivity contribution >= 4 is 28.4 Å². The van der Waals surface area contributed by atoms with Crippen molar-refractivity contribution < 1.29 is 0 Å². The fourth-order valence-electron chi connectivity index (χ4n) is 1.88. The van der Waals surface area contributed by atoms with Gasteiger partial charge in [0, 0.05) is 17.6 Å². The summed E-state index contributed by atoms with van der Waals surface area (Å²) in [5.41, 5.74) is 6.94. The van der Waals surface area contributed by atoms with E-state index in [2.05, 4.69) is 20.2 Å². The second-order valence-electron chi connectivity index (χ2n) is 4.11. The maximum atomic E-state index is 11.6. The summed E-state index contributed by atoms with van der Waals surface area (Å²) < 4.78 is 1.55. The molecule has 0 unspecified atom stereocenters. The molecule has 8 heteroatoms. The van der Waals surface area contributed by atoms with Crippen LogP contribution in [0.4, 0.5) is 5.69 Å². The number of benzene rings is 1. The summed E-state index contributed by atoms with van der Waals surface area (Å²) in [6.07, 6.45) is 1.48. The number of nitrogens with zero attached hydrogens (tertiary/aromatic N) is 4. The normalized spacial score (nSPS) is 11.1. The van der Waals surface area contributed by atoms with Crippen molar-refractivity contribution in [3.8, 4) is 0 Å². The Bertz CT molecular complexity index is 824. The Hall–Kier alpha value is -2.35. The predicted molar refractivity (Wildman–Crippen MR) is 76.6 cm³/mol. The molecule has 7 nitrogen and oxygen atoms in total. The molecule has 20 heavy (non-hydrogen) atoms. The zero-order valence-corrected chi connectivity index (χ0v) is 11.5. The lowest BCUT2D eigenvalue weighted by Crippen LogP contribution is -2.16. The molecule has 2 heterocycles. The molecular weight excluding hydrogens is 276 g/mol. The van der Waals surface area contributed by atoms with Crippen LogP contribution < -0.4 is 11.4 Å². The van der Waals surface area contributed by atoms with Crippen LogP contribution in [0.5, 0.6) is 0 Å². The number of H-pyrrole nitrogens is 1. The molecule has 0 saturated heterocycles. The summed E-state index contributed by atoms with van der Waals surface area (Å²) in [5.74, 6) is 0. The molecule has 0 aliphatic carbocycles. The number of nitrogens with one attached hydrogen (secondary N) is 1. The standard InChI is InChI=1S/C12H12N6OS/c1-2-18-11(19)16-17-12(18)20-10-8-4-3-7(13)5-9(8)14-6-15-10/h3-6H,2,13H2,1H3,(H,16,19). The first kappa shape index (κ1) is 12.7. The largest absolute Gasteiger partial charge is 0.399 e. The van der Waals surface area contributed by atoms with Gasteiger partial charge in [0.05, 0.1) is 5.52 Å². The van der Waals surface area contributed by atoms with Crippen molar-refractivity contribution in [3.05, 3.63) is 35.0 Å². The second-order valence-corrected chi connectivity index (χ2v) is 5.07. The van der Waals surface area contributed by atoms with E-state index >= 15 is 0 Å². The van der Waals surface area contributed by atoms with Gasteiger partial charge in [0.25, 0.3) is 0 Å². The highest BCUT2D eigenvalue weighted by molar-refractivity contribution is 7.99. The molecule has 0 fully saturated rings. The Morgan fingerprint density at radius 3 is 3.05 bits per heavy atom. The average molecular weight is 288 g/mol. The first-order valence-electron chi connectivity index (χ1n) is 6.02. The number of aromatic nitrogens is 5. The summed E-state index contributed by atoms with van der Waals surface area (Å²) >= 11 is 1.32.